The fraction of sp³-hybridized carbons (Fsp3) is 0.190. The van der Waals surface area contributed by atoms with Crippen molar-refractivity contribution in [2.45, 2.75) is 13.0 Å². The molecule has 0 unspecified atom stereocenters. The van der Waals surface area contributed by atoms with Crippen molar-refractivity contribution in [3.8, 4) is 0 Å². The number of nitrogens with zero attached hydrogens (tertiary/aromatic N) is 2. The summed E-state index contributed by atoms with van der Waals surface area (Å²) in [5.74, 6) is 0.0813. The van der Waals surface area contributed by atoms with Crippen LogP contribution in [0, 0.1) is 0 Å². The monoisotopic (exact) mass is 363 g/mol. The van der Waals surface area contributed by atoms with Crippen LogP contribution in [0.4, 0.5) is 0 Å². The molecule has 26 heavy (non-hydrogen) atoms. The Labute approximate surface area is 156 Å². The highest BCUT2D eigenvalue weighted by Gasteiger charge is 2.25. The third-order valence-electron chi connectivity index (χ3n) is 5.36. The van der Waals surface area contributed by atoms with Gasteiger partial charge in [0.2, 0.25) is 0 Å². The molecule has 5 rings (SSSR count). The number of carbonyl (C=O) groups excluding carboxylic acids is 1. The third-order valence-corrected chi connectivity index (χ3v) is 5.59. The van der Waals surface area contributed by atoms with E-state index in [2.05, 4.69) is 9.55 Å². The van der Waals surface area contributed by atoms with Crippen LogP contribution >= 0.6 is 11.6 Å². The molecule has 0 radical (unpaired) electrons. The standard InChI is InChI=1S/C21H18ClN3O/c1-24-8-6-13-10-14(2-5-20(13)24)21(26)25-9-7-19-17(12-25)16-11-15(22)3-4-18(16)23-19/h2-6,8,10-11,23H,7,9,12H2,1H3. The van der Waals surface area contributed by atoms with Gasteiger partial charge in [-0.1, -0.05) is 11.6 Å². The zero-order chi connectivity index (χ0) is 17.8. The van der Waals surface area contributed by atoms with E-state index >= 15 is 0 Å². The molecule has 2 aromatic heterocycles. The van der Waals surface area contributed by atoms with Crippen molar-refractivity contribution in [1.29, 1.82) is 0 Å². The highest BCUT2D eigenvalue weighted by molar-refractivity contribution is 6.31. The van der Waals surface area contributed by atoms with E-state index in [0.717, 1.165) is 45.4 Å². The van der Waals surface area contributed by atoms with E-state index in [1.54, 1.807) is 0 Å². The van der Waals surface area contributed by atoms with Crippen LogP contribution in [0.15, 0.2) is 48.7 Å². The summed E-state index contributed by atoms with van der Waals surface area (Å²) in [6.07, 6.45) is 2.85. The summed E-state index contributed by atoms with van der Waals surface area (Å²) in [5, 5.41) is 2.93. The zero-order valence-electron chi connectivity index (χ0n) is 14.4. The quantitative estimate of drug-likeness (QED) is 0.531. The van der Waals surface area contributed by atoms with Gasteiger partial charge in [-0.3, -0.25) is 4.79 Å². The average molecular weight is 364 g/mol. The molecule has 5 heteroatoms. The number of fused-ring (bicyclic) bond motifs is 4. The first-order valence-corrected chi connectivity index (χ1v) is 9.11. The first-order valence-electron chi connectivity index (χ1n) is 8.73. The number of H-pyrrole nitrogens is 1. The lowest BCUT2D eigenvalue weighted by atomic mass is 10.0. The molecule has 1 aliphatic rings. The first kappa shape index (κ1) is 15.5. The van der Waals surface area contributed by atoms with Gasteiger partial charge in [0.25, 0.3) is 5.91 Å². The van der Waals surface area contributed by atoms with Gasteiger partial charge >= 0.3 is 0 Å². The molecule has 0 saturated heterocycles. The maximum absolute atomic E-state index is 13.1. The molecule has 1 amide bonds. The Balaban J connectivity index is 1.50. The third kappa shape index (κ3) is 2.33. The predicted molar refractivity (Wildman–Crippen MR) is 105 cm³/mol. The Kier molecular flexibility index (Phi) is 3.37. The zero-order valence-corrected chi connectivity index (χ0v) is 15.2. The number of aryl methyl sites for hydroxylation is 1. The number of benzene rings is 2. The van der Waals surface area contributed by atoms with Crippen molar-refractivity contribution >= 4 is 39.3 Å². The van der Waals surface area contributed by atoms with Crippen LogP contribution in [0.5, 0.6) is 0 Å². The van der Waals surface area contributed by atoms with Gasteiger partial charge in [-0.25, -0.2) is 0 Å². The molecule has 0 fully saturated rings. The van der Waals surface area contributed by atoms with Crippen LogP contribution in [0.2, 0.25) is 5.02 Å². The Morgan fingerprint density at radius 1 is 1.15 bits per heavy atom. The van der Waals surface area contributed by atoms with Gasteiger partial charge in [0.1, 0.15) is 0 Å². The lowest BCUT2D eigenvalue weighted by molar-refractivity contribution is 0.0735. The fourth-order valence-electron chi connectivity index (χ4n) is 3.96. The number of hydrogen-bond acceptors (Lipinski definition) is 1. The van der Waals surface area contributed by atoms with Gasteiger partial charge in [0.15, 0.2) is 0 Å². The minimum atomic E-state index is 0.0813. The minimum absolute atomic E-state index is 0.0813. The van der Waals surface area contributed by atoms with Gasteiger partial charge in [-0.05, 0) is 42.5 Å². The van der Waals surface area contributed by atoms with Gasteiger partial charge in [-0.2, -0.15) is 0 Å². The largest absolute Gasteiger partial charge is 0.358 e. The van der Waals surface area contributed by atoms with E-state index in [0.29, 0.717) is 6.54 Å². The number of rotatable bonds is 1. The number of hydrogen-bond donors (Lipinski definition) is 1. The van der Waals surface area contributed by atoms with Gasteiger partial charge in [-0.15, -0.1) is 0 Å². The van der Waals surface area contributed by atoms with Gasteiger partial charge in [0, 0.05) is 76.4 Å². The number of aromatic amines is 1. The Morgan fingerprint density at radius 2 is 2.04 bits per heavy atom. The average Bonchev–Trinajstić information content (AvgIpc) is 3.20. The van der Waals surface area contributed by atoms with Crippen LogP contribution in [0.1, 0.15) is 21.6 Å². The summed E-state index contributed by atoms with van der Waals surface area (Å²) in [6.45, 7) is 1.33. The van der Waals surface area contributed by atoms with Crippen molar-refractivity contribution in [2.75, 3.05) is 6.54 Å². The number of amides is 1. The Bertz CT molecular complexity index is 1170. The van der Waals surface area contributed by atoms with E-state index in [1.165, 1.54) is 11.3 Å². The fourth-order valence-corrected chi connectivity index (χ4v) is 4.13. The first-order chi connectivity index (χ1) is 12.6. The second kappa shape index (κ2) is 5.64. The van der Waals surface area contributed by atoms with Crippen molar-refractivity contribution in [3.63, 3.8) is 0 Å². The predicted octanol–water partition coefficient (Wildman–Crippen LogP) is 4.51. The topological polar surface area (TPSA) is 41.0 Å². The molecule has 0 aliphatic carbocycles. The molecule has 4 aromatic rings. The molecular formula is C21H18ClN3O. The van der Waals surface area contributed by atoms with E-state index in [4.69, 9.17) is 11.6 Å². The molecule has 0 saturated carbocycles. The van der Waals surface area contributed by atoms with Crippen LogP contribution in [-0.2, 0) is 20.0 Å². The summed E-state index contributed by atoms with van der Waals surface area (Å²) >= 11 is 6.17. The SMILES string of the molecule is Cn1ccc2cc(C(=O)N3CCc4[nH]c5ccc(Cl)cc5c4C3)ccc21. The van der Waals surface area contributed by atoms with E-state index < -0.39 is 0 Å². The molecule has 0 bridgehead atoms. The normalized spacial score (nSPS) is 14.2. The van der Waals surface area contributed by atoms with Crippen LogP contribution < -0.4 is 0 Å². The lowest BCUT2D eigenvalue weighted by Gasteiger charge is -2.27. The van der Waals surface area contributed by atoms with Crippen LogP contribution in [0.25, 0.3) is 21.8 Å². The van der Waals surface area contributed by atoms with E-state index in [9.17, 15) is 4.79 Å². The molecule has 1 N–H and O–H groups in total. The summed E-state index contributed by atoms with van der Waals surface area (Å²) in [4.78, 5) is 18.5. The number of carbonyl (C=O) groups is 1. The molecule has 0 atom stereocenters. The highest BCUT2D eigenvalue weighted by atomic mass is 35.5. The molecule has 0 spiro atoms. The minimum Gasteiger partial charge on any atom is -0.358 e. The van der Waals surface area contributed by atoms with Crippen LogP contribution in [-0.4, -0.2) is 26.9 Å². The summed E-state index contributed by atoms with van der Waals surface area (Å²) in [6, 6.07) is 13.8. The molecule has 130 valence electrons. The van der Waals surface area contributed by atoms with Crippen LogP contribution in [0.3, 0.4) is 0 Å². The molecular weight excluding hydrogens is 346 g/mol. The molecule has 1 aliphatic heterocycles. The highest BCUT2D eigenvalue weighted by Crippen LogP contribution is 2.30. The molecule has 4 nitrogen and oxygen atoms in total. The van der Waals surface area contributed by atoms with Gasteiger partial charge < -0.3 is 14.5 Å². The summed E-state index contributed by atoms with van der Waals surface area (Å²) in [7, 11) is 2.01. The maximum Gasteiger partial charge on any atom is 0.254 e. The summed E-state index contributed by atoms with van der Waals surface area (Å²) < 4.78 is 2.06. The Hall–Kier alpha value is -2.72. The Morgan fingerprint density at radius 3 is 2.92 bits per heavy atom. The molecule has 2 aromatic carbocycles. The van der Waals surface area contributed by atoms with E-state index in [-0.39, 0.29) is 5.91 Å². The van der Waals surface area contributed by atoms with Crippen molar-refractivity contribution in [3.05, 3.63) is 70.5 Å². The summed E-state index contributed by atoms with van der Waals surface area (Å²) in [5.41, 5.74) is 5.35. The maximum atomic E-state index is 13.1. The van der Waals surface area contributed by atoms with Crippen molar-refractivity contribution in [2.24, 2.45) is 7.05 Å². The smallest absolute Gasteiger partial charge is 0.254 e. The van der Waals surface area contributed by atoms with E-state index in [1.807, 2.05) is 60.6 Å². The number of aromatic nitrogens is 2. The second-order valence-corrected chi connectivity index (χ2v) is 7.39. The second-order valence-electron chi connectivity index (χ2n) is 6.95. The number of nitrogens with one attached hydrogen (secondary N) is 1. The number of halogens is 1. The lowest BCUT2D eigenvalue weighted by Crippen LogP contribution is -2.35. The molecule has 3 heterocycles. The van der Waals surface area contributed by atoms with Gasteiger partial charge in [0.05, 0.1) is 0 Å². The van der Waals surface area contributed by atoms with Crippen molar-refractivity contribution in [1.82, 2.24) is 14.5 Å². The van der Waals surface area contributed by atoms with Crippen molar-refractivity contribution < 1.29 is 4.79 Å².